The number of pyridine rings is 1. The average Bonchev–Trinajstić information content (AvgIpc) is 2.51. The maximum Gasteiger partial charge on any atom is 0.329 e. The first-order valence-corrected chi connectivity index (χ1v) is 6.88. The van der Waals surface area contributed by atoms with Gasteiger partial charge in [0, 0.05) is 36.1 Å². The monoisotopic (exact) mass is 333 g/mol. The number of likely N-dealkylation sites (N-methyl/N-ethyl adjacent to an activating group) is 1. The van der Waals surface area contributed by atoms with Crippen LogP contribution in [0.4, 0.5) is 5.69 Å². The van der Waals surface area contributed by atoms with Crippen LogP contribution < -0.4 is 5.56 Å². The van der Waals surface area contributed by atoms with Gasteiger partial charge in [-0.3, -0.25) is 19.7 Å². The number of benzene rings is 1. The molecule has 1 heterocycles. The van der Waals surface area contributed by atoms with E-state index in [1.807, 2.05) is 0 Å². The Balaban J connectivity index is 2.68. The Morgan fingerprint density at radius 1 is 1.29 bits per heavy atom. The molecule has 2 rings (SSSR count). The highest BCUT2D eigenvalue weighted by molar-refractivity contribution is 6.07. The number of hydrogen-bond donors (Lipinski definition) is 2. The van der Waals surface area contributed by atoms with Gasteiger partial charge < -0.3 is 15.0 Å². The van der Waals surface area contributed by atoms with Crippen LogP contribution in [0.15, 0.2) is 29.1 Å². The molecule has 9 heteroatoms. The summed E-state index contributed by atoms with van der Waals surface area (Å²) in [5.74, 6) is -1.95. The largest absolute Gasteiger partial charge is 0.480 e. The van der Waals surface area contributed by atoms with Crippen LogP contribution in [0, 0.1) is 10.1 Å². The van der Waals surface area contributed by atoms with Gasteiger partial charge in [0.05, 0.1) is 10.5 Å². The van der Waals surface area contributed by atoms with E-state index in [9.17, 15) is 29.6 Å². The van der Waals surface area contributed by atoms with E-state index in [0.29, 0.717) is 0 Å². The predicted molar refractivity (Wildman–Crippen MR) is 85.0 cm³/mol. The predicted octanol–water partition coefficient (Wildman–Crippen LogP) is 1.37. The molecule has 1 aromatic carbocycles. The molecule has 24 heavy (non-hydrogen) atoms. The Morgan fingerprint density at radius 2 is 1.92 bits per heavy atom. The number of H-pyrrole nitrogens is 1. The number of nitro groups is 1. The fraction of sp³-hybridized carbons (Fsp3) is 0.267. The molecule has 2 N–H and O–H groups in total. The van der Waals surface area contributed by atoms with Crippen LogP contribution in [0.1, 0.15) is 24.2 Å². The molecule has 0 spiro atoms. The lowest BCUT2D eigenvalue weighted by molar-refractivity contribution is -0.384. The smallest absolute Gasteiger partial charge is 0.329 e. The summed E-state index contributed by atoms with van der Waals surface area (Å²) in [5, 5.41) is 20.3. The molecule has 0 aliphatic heterocycles. The lowest BCUT2D eigenvalue weighted by Gasteiger charge is -2.31. The van der Waals surface area contributed by atoms with E-state index >= 15 is 0 Å². The Morgan fingerprint density at radius 3 is 2.46 bits per heavy atom. The minimum absolute atomic E-state index is 0.103. The van der Waals surface area contributed by atoms with Crippen LogP contribution in [-0.2, 0) is 4.79 Å². The number of carbonyl (C=O) groups excluding carboxylic acids is 1. The molecule has 0 radical (unpaired) electrons. The fourth-order valence-corrected chi connectivity index (χ4v) is 2.11. The molecule has 126 valence electrons. The zero-order valence-electron chi connectivity index (χ0n) is 13.2. The van der Waals surface area contributed by atoms with Gasteiger partial charge in [-0.15, -0.1) is 0 Å². The quantitative estimate of drug-likeness (QED) is 0.641. The second-order valence-corrected chi connectivity index (χ2v) is 5.76. The maximum atomic E-state index is 12.7. The van der Waals surface area contributed by atoms with Crippen molar-refractivity contribution in [3.63, 3.8) is 0 Å². The number of non-ortho nitro benzene ring substituents is 1. The van der Waals surface area contributed by atoms with Crippen molar-refractivity contribution in [1.82, 2.24) is 9.88 Å². The van der Waals surface area contributed by atoms with Crippen molar-refractivity contribution in [3.8, 4) is 0 Å². The van der Waals surface area contributed by atoms with E-state index in [1.54, 1.807) is 0 Å². The highest BCUT2D eigenvalue weighted by Crippen LogP contribution is 2.24. The van der Waals surface area contributed by atoms with Gasteiger partial charge in [-0.1, -0.05) is 0 Å². The van der Waals surface area contributed by atoms with E-state index in [0.717, 1.165) is 11.0 Å². The number of aromatic nitrogens is 1. The molecule has 1 amide bonds. The van der Waals surface area contributed by atoms with Crippen LogP contribution >= 0.6 is 0 Å². The molecular weight excluding hydrogens is 318 g/mol. The Hall–Kier alpha value is -3.23. The lowest BCUT2D eigenvalue weighted by Crippen LogP contribution is -2.50. The molecule has 0 saturated heterocycles. The third-order valence-corrected chi connectivity index (χ3v) is 3.93. The number of fused-ring (bicyclic) bond motifs is 1. The Kier molecular flexibility index (Phi) is 4.11. The molecule has 0 bridgehead atoms. The lowest BCUT2D eigenvalue weighted by atomic mass is 10.0. The number of nitrogens with one attached hydrogen (secondary N) is 1. The number of aromatic amines is 1. The first kappa shape index (κ1) is 17.1. The van der Waals surface area contributed by atoms with Gasteiger partial charge in [0.15, 0.2) is 0 Å². The summed E-state index contributed by atoms with van der Waals surface area (Å²) in [6.45, 7) is 2.68. The van der Waals surface area contributed by atoms with Crippen molar-refractivity contribution < 1.29 is 19.6 Å². The molecule has 9 nitrogen and oxygen atoms in total. The summed E-state index contributed by atoms with van der Waals surface area (Å²) in [7, 11) is 1.29. The first-order chi connectivity index (χ1) is 11.1. The van der Waals surface area contributed by atoms with Crippen molar-refractivity contribution in [1.29, 1.82) is 0 Å². The van der Waals surface area contributed by atoms with Crippen LogP contribution in [0.5, 0.6) is 0 Å². The van der Waals surface area contributed by atoms with Crippen LogP contribution in [0.3, 0.4) is 0 Å². The van der Waals surface area contributed by atoms with Gasteiger partial charge in [0.25, 0.3) is 11.6 Å². The van der Waals surface area contributed by atoms with Crippen molar-refractivity contribution in [2.45, 2.75) is 19.4 Å². The maximum absolute atomic E-state index is 12.7. The standard InChI is InChI=1S/C15H15N3O6/c1-15(2,14(21)22)17(3)13(20)10-7-12(19)16-11-5-4-8(18(23)24)6-9(10)11/h4-7H,1-3H3,(H,16,19)(H,21,22). The zero-order chi connectivity index (χ0) is 18.2. The van der Waals surface area contributed by atoms with E-state index in [1.165, 1.54) is 39.1 Å². The number of rotatable bonds is 4. The van der Waals surface area contributed by atoms with Crippen molar-refractivity contribution in [2.75, 3.05) is 7.05 Å². The number of hydrogen-bond acceptors (Lipinski definition) is 5. The van der Waals surface area contributed by atoms with Crippen LogP contribution in [0.2, 0.25) is 0 Å². The number of amides is 1. The molecular formula is C15H15N3O6. The summed E-state index contributed by atoms with van der Waals surface area (Å²) in [5.41, 5.74) is -2.19. The van der Waals surface area contributed by atoms with Gasteiger partial charge in [0.2, 0.25) is 5.56 Å². The Bertz CT molecular complexity index is 915. The first-order valence-electron chi connectivity index (χ1n) is 6.88. The highest BCUT2D eigenvalue weighted by Gasteiger charge is 2.36. The molecule has 0 atom stereocenters. The fourth-order valence-electron chi connectivity index (χ4n) is 2.11. The summed E-state index contributed by atoms with van der Waals surface area (Å²) in [4.78, 5) is 49.5. The number of aliphatic carboxylic acids is 1. The molecule has 0 saturated carbocycles. The van der Waals surface area contributed by atoms with Crippen molar-refractivity contribution in [2.24, 2.45) is 0 Å². The minimum atomic E-state index is -1.52. The number of nitro benzene ring substituents is 1. The van der Waals surface area contributed by atoms with Gasteiger partial charge in [-0.05, 0) is 19.9 Å². The zero-order valence-corrected chi connectivity index (χ0v) is 13.2. The van der Waals surface area contributed by atoms with Crippen LogP contribution in [0.25, 0.3) is 10.9 Å². The summed E-state index contributed by atoms with van der Waals surface area (Å²) in [6, 6.07) is 4.70. The van der Waals surface area contributed by atoms with Crippen LogP contribution in [-0.4, -0.2) is 44.4 Å². The molecule has 0 aliphatic rings. The molecule has 1 aromatic heterocycles. The molecule has 0 unspecified atom stereocenters. The van der Waals surface area contributed by atoms with Gasteiger partial charge in [-0.25, -0.2) is 4.79 Å². The summed E-state index contributed by atoms with van der Waals surface area (Å²) in [6.07, 6.45) is 0. The molecule has 0 aliphatic carbocycles. The highest BCUT2D eigenvalue weighted by atomic mass is 16.6. The average molecular weight is 333 g/mol. The van der Waals surface area contributed by atoms with E-state index in [2.05, 4.69) is 4.98 Å². The minimum Gasteiger partial charge on any atom is -0.480 e. The summed E-state index contributed by atoms with van der Waals surface area (Å²) < 4.78 is 0. The van der Waals surface area contributed by atoms with Gasteiger partial charge >= 0.3 is 5.97 Å². The normalized spacial score (nSPS) is 11.3. The van der Waals surface area contributed by atoms with Gasteiger partial charge in [-0.2, -0.15) is 0 Å². The number of carboxylic acids is 1. The molecule has 0 fully saturated rings. The summed E-state index contributed by atoms with van der Waals surface area (Å²) >= 11 is 0. The van der Waals surface area contributed by atoms with E-state index < -0.39 is 27.9 Å². The SMILES string of the molecule is CN(C(=O)c1cc(=O)[nH]c2ccc([N+](=O)[O-])cc12)C(C)(C)C(=O)O. The van der Waals surface area contributed by atoms with Crippen molar-refractivity contribution in [3.05, 3.63) is 50.3 Å². The topological polar surface area (TPSA) is 134 Å². The molecule has 2 aromatic rings. The number of carbonyl (C=O) groups is 2. The van der Waals surface area contributed by atoms with Crippen molar-refractivity contribution >= 4 is 28.5 Å². The second kappa shape index (κ2) is 5.76. The third kappa shape index (κ3) is 2.83. The van der Waals surface area contributed by atoms with Gasteiger partial charge in [0.1, 0.15) is 5.54 Å². The Labute approximate surface area is 135 Å². The second-order valence-electron chi connectivity index (χ2n) is 5.76. The number of nitrogens with zero attached hydrogens (tertiary/aromatic N) is 2. The third-order valence-electron chi connectivity index (χ3n) is 3.93. The van der Waals surface area contributed by atoms with E-state index in [-0.39, 0.29) is 22.2 Å². The number of carboxylic acid groups (broad SMARTS) is 1. The van der Waals surface area contributed by atoms with E-state index in [4.69, 9.17) is 0 Å².